The van der Waals surface area contributed by atoms with Crippen molar-refractivity contribution in [3.05, 3.63) is 47.7 Å². The maximum atomic E-state index is 12.1. The molecule has 0 saturated carbocycles. The number of benzene rings is 1. The summed E-state index contributed by atoms with van der Waals surface area (Å²) in [7, 11) is 0. The van der Waals surface area contributed by atoms with Crippen molar-refractivity contribution in [3.8, 4) is 0 Å². The fourth-order valence-corrected chi connectivity index (χ4v) is 2.04. The molecule has 0 spiro atoms. The van der Waals surface area contributed by atoms with Crippen LogP contribution in [0.15, 0.2) is 40.9 Å². The SMILES string of the molecule is Cc1cc(NC(=O)CC(C)(C(=O)O)c2ccccc2)no1. The van der Waals surface area contributed by atoms with Gasteiger partial charge < -0.3 is 14.9 Å². The summed E-state index contributed by atoms with van der Waals surface area (Å²) in [6.07, 6.45) is -0.196. The quantitative estimate of drug-likeness (QED) is 0.881. The predicted octanol–water partition coefficient (Wildman–Crippen LogP) is 2.35. The molecule has 2 N–H and O–H groups in total. The smallest absolute Gasteiger partial charge is 0.314 e. The fraction of sp³-hybridized carbons (Fsp3) is 0.267. The average Bonchev–Trinajstić information content (AvgIpc) is 2.84. The van der Waals surface area contributed by atoms with Crippen LogP contribution < -0.4 is 5.32 Å². The largest absolute Gasteiger partial charge is 0.481 e. The number of carbonyl (C=O) groups excluding carboxylic acids is 1. The molecule has 1 amide bonds. The number of carboxylic acids is 1. The van der Waals surface area contributed by atoms with E-state index in [4.69, 9.17) is 4.52 Å². The maximum absolute atomic E-state index is 12.1. The minimum atomic E-state index is -1.30. The predicted molar refractivity (Wildman–Crippen MR) is 75.9 cm³/mol. The second-order valence-corrected chi connectivity index (χ2v) is 5.05. The van der Waals surface area contributed by atoms with Crippen LogP contribution in [0.25, 0.3) is 0 Å². The molecule has 1 unspecified atom stereocenters. The van der Waals surface area contributed by atoms with E-state index in [9.17, 15) is 14.7 Å². The summed E-state index contributed by atoms with van der Waals surface area (Å²) in [5, 5.41) is 15.7. The number of nitrogens with one attached hydrogen (secondary N) is 1. The standard InChI is InChI=1S/C15H16N2O4/c1-10-8-12(17-21-10)16-13(18)9-15(2,14(19)20)11-6-4-3-5-7-11/h3-8H,9H2,1-2H3,(H,19,20)(H,16,17,18). The van der Waals surface area contributed by atoms with Crippen molar-refractivity contribution in [3.63, 3.8) is 0 Å². The molecule has 0 saturated heterocycles. The highest BCUT2D eigenvalue weighted by atomic mass is 16.5. The lowest BCUT2D eigenvalue weighted by molar-refractivity contribution is -0.145. The minimum Gasteiger partial charge on any atom is -0.481 e. The van der Waals surface area contributed by atoms with E-state index in [1.807, 2.05) is 0 Å². The molecule has 1 aromatic heterocycles. The van der Waals surface area contributed by atoms with Gasteiger partial charge in [-0.2, -0.15) is 0 Å². The van der Waals surface area contributed by atoms with Gasteiger partial charge in [-0.25, -0.2) is 0 Å². The van der Waals surface area contributed by atoms with Crippen molar-refractivity contribution in [2.24, 2.45) is 0 Å². The molecule has 1 atom stereocenters. The summed E-state index contributed by atoms with van der Waals surface area (Å²) in [6, 6.07) is 10.2. The zero-order chi connectivity index (χ0) is 15.5. The lowest BCUT2D eigenvalue weighted by Gasteiger charge is -2.24. The van der Waals surface area contributed by atoms with Gasteiger partial charge >= 0.3 is 5.97 Å². The lowest BCUT2D eigenvalue weighted by atomic mass is 9.79. The molecule has 2 rings (SSSR count). The van der Waals surface area contributed by atoms with Crippen LogP contribution in [0.1, 0.15) is 24.7 Å². The molecule has 21 heavy (non-hydrogen) atoms. The topological polar surface area (TPSA) is 92.4 Å². The van der Waals surface area contributed by atoms with Gasteiger partial charge in [0, 0.05) is 12.5 Å². The molecular weight excluding hydrogens is 272 g/mol. The average molecular weight is 288 g/mol. The molecule has 6 nitrogen and oxygen atoms in total. The van der Waals surface area contributed by atoms with E-state index < -0.39 is 17.3 Å². The Morgan fingerprint density at radius 3 is 2.52 bits per heavy atom. The Kier molecular flexibility index (Phi) is 4.07. The van der Waals surface area contributed by atoms with Crippen LogP contribution in [0, 0.1) is 6.92 Å². The van der Waals surface area contributed by atoms with Crippen LogP contribution in [0.4, 0.5) is 5.82 Å². The lowest BCUT2D eigenvalue weighted by Crippen LogP contribution is -2.36. The van der Waals surface area contributed by atoms with E-state index in [1.165, 1.54) is 6.92 Å². The first-order valence-electron chi connectivity index (χ1n) is 6.44. The third-order valence-corrected chi connectivity index (χ3v) is 3.29. The second kappa shape index (κ2) is 5.78. The number of carboxylic acid groups (broad SMARTS) is 1. The summed E-state index contributed by atoms with van der Waals surface area (Å²) in [4.78, 5) is 23.7. The number of aromatic nitrogens is 1. The normalized spacial score (nSPS) is 13.4. The van der Waals surface area contributed by atoms with Crippen LogP contribution in [-0.2, 0) is 15.0 Å². The van der Waals surface area contributed by atoms with Crippen molar-refractivity contribution < 1.29 is 19.2 Å². The molecule has 1 aromatic carbocycles. The summed E-state index contributed by atoms with van der Waals surface area (Å²) in [5.41, 5.74) is -0.728. The highest BCUT2D eigenvalue weighted by Gasteiger charge is 2.37. The van der Waals surface area contributed by atoms with E-state index in [-0.39, 0.29) is 12.2 Å². The second-order valence-electron chi connectivity index (χ2n) is 5.05. The van der Waals surface area contributed by atoms with Gasteiger partial charge in [-0.3, -0.25) is 9.59 Å². The van der Waals surface area contributed by atoms with Gasteiger partial charge in [-0.15, -0.1) is 0 Å². The summed E-state index contributed by atoms with van der Waals surface area (Å²) in [5.74, 6) is -0.648. The van der Waals surface area contributed by atoms with Crippen LogP contribution in [-0.4, -0.2) is 22.1 Å². The highest BCUT2D eigenvalue weighted by molar-refractivity contribution is 5.95. The van der Waals surface area contributed by atoms with Gasteiger partial charge in [0.2, 0.25) is 5.91 Å². The number of nitrogens with zero attached hydrogens (tertiary/aromatic N) is 1. The molecule has 0 aliphatic rings. The number of aliphatic carboxylic acids is 1. The Morgan fingerprint density at radius 2 is 2.00 bits per heavy atom. The molecule has 110 valence electrons. The van der Waals surface area contributed by atoms with Gasteiger partial charge in [-0.05, 0) is 19.4 Å². The van der Waals surface area contributed by atoms with Gasteiger partial charge in [0.25, 0.3) is 0 Å². The Labute approximate surface area is 121 Å². The molecule has 0 fully saturated rings. The monoisotopic (exact) mass is 288 g/mol. The maximum Gasteiger partial charge on any atom is 0.314 e. The van der Waals surface area contributed by atoms with E-state index in [0.29, 0.717) is 11.3 Å². The van der Waals surface area contributed by atoms with Crippen LogP contribution in [0.5, 0.6) is 0 Å². The Morgan fingerprint density at radius 1 is 1.33 bits per heavy atom. The number of hydrogen-bond donors (Lipinski definition) is 2. The Bertz CT molecular complexity index is 651. The Balaban J connectivity index is 2.17. The number of aryl methyl sites for hydroxylation is 1. The molecule has 0 aliphatic heterocycles. The van der Waals surface area contributed by atoms with E-state index in [0.717, 1.165) is 0 Å². The minimum absolute atomic E-state index is 0.196. The molecule has 2 aromatic rings. The zero-order valence-corrected chi connectivity index (χ0v) is 11.8. The third kappa shape index (κ3) is 3.28. The van der Waals surface area contributed by atoms with E-state index in [2.05, 4.69) is 10.5 Å². The number of carbonyl (C=O) groups is 2. The number of amides is 1. The van der Waals surface area contributed by atoms with Crippen molar-refractivity contribution >= 4 is 17.7 Å². The first-order valence-corrected chi connectivity index (χ1v) is 6.44. The Hall–Kier alpha value is -2.63. The summed E-state index contributed by atoms with van der Waals surface area (Å²) < 4.78 is 4.85. The van der Waals surface area contributed by atoms with E-state index in [1.54, 1.807) is 43.3 Å². The van der Waals surface area contributed by atoms with Gasteiger partial charge in [-0.1, -0.05) is 35.5 Å². The van der Waals surface area contributed by atoms with Crippen LogP contribution >= 0.6 is 0 Å². The first kappa shape index (κ1) is 14.8. The van der Waals surface area contributed by atoms with Gasteiger partial charge in [0.05, 0.1) is 5.41 Å². The van der Waals surface area contributed by atoms with Crippen molar-refractivity contribution in [1.82, 2.24) is 5.16 Å². The molecule has 1 heterocycles. The fourth-order valence-electron chi connectivity index (χ4n) is 2.04. The van der Waals surface area contributed by atoms with Crippen LogP contribution in [0.2, 0.25) is 0 Å². The molecule has 0 radical (unpaired) electrons. The van der Waals surface area contributed by atoms with Gasteiger partial charge in [0.1, 0.15) is 5.76 Å². The number of anilines is 1. The highest BCUT2D eigenvalue weighted by Crippen LogP contribution is 2.28. The van der Waals surface area contributed by atoms with Crippen molar-refractivity contribution in [2.45, 2.75) is 25.7 Å². The van der Waals surface area contributed by atoms with Crippen LogP contribution in [0.3, 0.4) is 0 Å². The number of rotatable bonds is 5. The zero-order valence-electron chi connectivity index (χ0n) is 11.8. The van der Waals surface area contributed by atoms with E-state index >= 15 is 0 Å². The summed E-state index contributed by atoms with van der Waals surface area (Å²) >= 11 is 0. The molecule has 0 bridgehead atoms. The molecule has 0 aliphatic carbocycles. The first-order chi connectivity index (χ1) is 9.91. The molecule has 6 heteroatoms. The molecular formula is C15H16N2O4. The van der Waals surface area contributed by atoms with Crippen molar-refractivity contribution in [2.75, 3.05) is 5.32 Å². The van der Waals surface area contributed by atoms with Gasteiger partial charge in [0.15, 0.2) is 5.82 Å². The van der Waals surface area contributed by atoms with Crippen molar-refractivity contribution in [1.29, 1.82) is 0 Å². The number of hydrogen-bond acceptors (Lipinski definition) is 4. The third-order valence-electron chi connectivity index (χ3n) is 3.29. The summed E-state index contributed by atoms with van der Waals surface area (Å²) in [6.45, 7) is 3.23.